The lowest BCUT2D eigenvalue weighted by atomic mass is 10.4. The molecule has 0 aliphatic carbocycles. The number of amides is 3. The lowest BCUT2D eigenvalue weighted by molar-refractivity contribution is -0.123. The highest BCUT2D eigenvalue weighted by Gasteiger charge is 2.25. The molecule has 0 radical (unpaired) electrons. The zero-order valence-electron chi connectivity index (χ0n) is 10.3. The van der Waals surface area contributed by atoms with Gasteiger partial charge in [-0.1, -0.05) is 23.8 Å². The summed E-state index contributed by atoms with van der Waals surface area (Å²) in [7, 11) is 0. The topological polar surface area (TPSA) is 88.1 Å². The van der Waals surface area contributed by atoms with Crippen molar-refractivity contribution in [3.05, 3.63) is 0 Å². The fraction of sp³-hybridized carbons (Fsp3) is 0.600. The van der Waals surface area contributed by atoms with Crippen LogP contribution in [0.1, 0.15) is 20.3 Å². The van der Waals surface area contributed by atoms with Crippen molar-refractivity contribution in [2.24, 2.45) is 5.16 Å². The van der Waals surface area contributed by atoms with E-state index in [1.807, 2.05) is 12.2 Å². The minimum Gasteiger partial charge on any atom is -0.336 e. The monoisotopic (exact) mass is 273 g/mol. The van der Waals surface area contributed by atoms with Crippen LogP contribution < -0.4 is 5.32 Å². The number of nitrogens with zero attached hydrogens (tertiary/aromatic N) is 2. The maximum Gasteiger partial charge on any atom is 0.440 e. The average Bonchev–Trinajstić information content (AvgIpc) is 2.37. The minimum absolute atomic E-state index is 0.127. The smallest absolute Gasteiger partial charge is 0.336 e. The van der Waals surface area contributed by atoms with Crippen molar-refractivity contribution in [3.63, 3.8) is 0 Å². The molecule has 100 valence electrons. The van der Waals surface area contributed by atoms with Crippen LogP contribution in [0, 0.1) is 0 Å². The van der Waals surface area contributed by atoms with Crippen LogP contribution in [0.15, 0.2) is 5.16 Å². The van der Waals surface area contributed by atoms with Gasteiger partial charge >= 0.3 is 6.09 Å². The van der Waals surface area contributed by atoms with Crippen molar-refractivity contribution in [1.82, 2.24) is 10.2 Å². The van der Waals surface area contributed by atoms with Crippen molar-refractivity contribution in [1.29, 1.82) is 0 Å². The Morgan fingerprint density at radius 2 is 2.22 bits per heavy atom. The molecule has 0 aromatic carbocycles. The van der Waals surface area contributed by atoms with E-state index in [1.165, 1.54) is 11.8 Å². The lowest BCUT2D eigenvalue weighted by Crippen LogP contribution is -2.41. The second-order valence-corrected chi connectivity index (χ2v) is 4.49. The molecule has 1 rings (SSSR count). The normalized spacial score (nSPS) is 17.8. The van der Waals surface area contributed by atoms with Gasteiger partial charge in [-0.3, -0.25) is 19.7 Å². The summed E-state index contributed by atoms with van der Waals surface area (Å²) in [6.45, 7) is 4.70. The van der Waals surface area contributed by atoms with Crippen LogP contribution in [0.4, 0.5) is 4.79 Å². The van der Waals surface area contributed by atoms with Crippen molar-refractivity contribution in [2.45, 2.75) is 20.3 Å². The number of carbonyl (C=O) groups is 3. The molecular weight excluding hydrogens is 258 g/mol. The summed E-state index contributed by atoms with van der Waals surface area (Å²) in [5.74, 6) is -0.0153. The lowest BCUT2D eigenvalue weighted by Gasteiger charge is -2.24. The number of rotatable bonds is 3. The third-order valence-corrected chi connectivity index (χ3v) is 3.14. The summed E-state index contributed by atoms with van der Waals surface area (Å²) in [6.07, 6.45) is -0.806. The van der Waals surface area contributed by atoms with Crippen LogP contribution in [-0.2, 0) is 14.4 Å². The van der Waals surface area contributed by atoms with Gasteiger partial charge in [-0.2, -0.15) is 0 Å². The van der Waals surface area contributed by atoms with E-state index in [-0.39, 0.29) is 17.4 Å². The zero-order valence-corrected chi connectivity index (χ0v) is 11.1. The zero-order chi connectivity index (χ0) is 13.5. The van der Waals surface area contributed by atoms with Crippen LogP contribution in [0.3, 0.4) is 0 Å². The number of thioether (sulfide) groups is 1. The molecule has 0 bridgehead atoms. The van der Waals surface area contributed by atoms with Gasteiger partial charge in [-0.15, -0.1) is 0 Å². The van der Waals surface area contributed by atoms with Crippen LogP contribution in [0.5, 0.6) is 0 Å². The highest BCUT2D eigenvalue weighted by Crippen LogP contribution is 2.14. The molecule has 0 unspecified atom stereocenters. The van der Waals surface area contributed by atoms with Gasteiger partial charge in [0.2, 0.25) is 11.0 Å². The molecule has 1 fully saturated rings. The van der Waals surface area contributed by atoms with E-state index in [1.54, 1.807) is 11.8 Å². The van der Waals surface area contributed by atoms with Crippen molar-refractivity contribution in [3.8, 4) is 0 Å². The standard InChI is InChI=1S/C10H15N3O4S/c1-3-7(14)11-10(16)17-12-8-9(15)13(4-2)5-6-18-8/h3-6H2,1-2H3,(H,11,14,16). The van der Waals surface area contributed by atoms with Gasteiger partial charge in [0.05, 0.1) is 0 Å². The number of hydrogen-bond donors (Lipinski definition) is 1. The van der Waals surface area contributed by atoms with E-state index in [2.05, 4.69) is 9.99 Å². The van der Waals surface area contributed by atoms with Crippen LogP contribution in [0.2, 0.25) is 0 Å². The summed E-state index contributed by atoms with van der Waals surface area (Å²) in [6, 6.07) is 0. The van der Waals surface area contributed by atoms with E-state index in [9.17, 15) is 14.4 Å². The average molecular weight is 273 g/mol. The molecule has 1 aliphatic rings. The first-order valence-corrected chi connectivity index (χ1v) is 6.57. The van der Waals surface area contributed by atoms with E-state index in [0.717, 1.165) is 0 Å². The van der Waals surface area contributed by atoms with Gasteiger partial charge in [-0.25, -0.2) is 4.79 Å². The minimum atomic E-state index is -0.976. The molecule has 1 aliphatic heterocycles. The van der Waals surface area contributed by atoms with Crippen LogP contribution in [-0.4, -0.2) is 46.7 Å². The molecule has 1 heterocycles. The molecule has 1 saturated heterocycles. The molecule has 8 heteroatoms. The molecular formula is C10H15N3O4S. The maximum atomic E-state index is 11.7. The summed E-state index contributed by atoms with van der Waals surface area (Å²) in [4.78, 5) is 39.8. The van der Waals surface area contributed by atoms with Crippen LogP contribution in [0.25, 0.3) is 0 Å². The molecule has 0 atom stereocenters. The third-order valence-electron chi connectivity index (χ3n) is 2.23. The summed E-state index contributed by atoms with van der Waals surface area (Å²) in [5.41, 5.74) is 0. The Bertz CT molecular complexity index is 383. The molecule has 0 saturated carbocycles. The van der Waals surface area contributed by atoms with Gasteiger partial charge in [0.15, 0.2) is 0 Å². The predicted molar refractivity (Wildman–Crippen MR) is 67.1 cm³/mol. The summed E-state index contributed by atoms with van der Waals surface area (Å²) in [5, 5.41) is 5.57. The fourth-order valence-corrected chi connectivity index (χ4v) is 2.07. The van der Waals surface area contributed by atoms with Gasteiger partial charge in [0.1, 0.15) is 0 Å². The molecule has 1 N–H and O–H groups in total. The van der Waals surface area contributed by atoms with Crippen molar-refractivity contribution >= 4 is 34.7 Å². The number of oxime groups is 1. The van der Waals surface area contributed by atoms with Crippen molar-refractivity contribution < 1.29 is 19.2 Å². The van der Waals surface area contributed by atoms with Gasteiger partial charge in [-0.05, 0) is 6.92 Å². The summed E-state index contributed by atoms with van der Waals surface area (Å²) < 4.78 is 0. The Hall–Kier alpha value is -1.57. The fourth-order valence-electron chi connectivity index (χ4n) is 1.23. The molecule has 0 aromatic rings. The number of nitrogens with one attached hydrogen (secondary N) is 1. The van der Waals surface area contributed by atoms with E-state index in [4.69, 9.17) is 0 Å². The Balaban J connectivity index is 2.53. The number of carbonyl (C=O) groups excluding carboxylic acids is 3. The highest BCUT2D eigenvalue weighted by molar-refractivity contribution is 8.15. The van der Waals surface area contributed by atoms with E-state index in [0.29, 0.717) is 18.8 Å². The quantitative estimate of drug-likeness (QED) is 0.599. The van der Waals surface area contributed by atoms with Gasteiger partial charge in [0, 0.05) is 25.3 Å². The molecule has 3 amide bonds. The van der Waals surface area contributed by atoms with Gasteiger partial charge in [0.25, 0.3) is 5.91 Å². The number of hydrogen-bond acceptors (Lipinski definition) is 6. The molecule has 18 heavy (non-hydrogen) atoms. The second kappa shape index (κ2) is 7.00. The highest BCUT2D eigenvalue weighted by atomic mass is 32.2. The molecule has 7 nitrogen and oxygen atoms in total. The predicted octanol–water partition coefficient (Wildman–Crippen LogP) is 0.558. The third kappa shape index (κ3) is 4.02. The Kier molecular flexibility index (Phi) is 5.63. The number of imide groups is 1. The largest absolute Gasteiger partial charge is 0.440 e. The SMILES string of the molecule is CCC(=O)NC(=O)ON=C1SCCN(CC)C1=O. The first-order chi connectivity index (χ1) is 8.58. The molecule has 0 aromatic heterocycles. The summed E-state index contributed by atoms with van der Waals surface area (Å²) >= 11 is 1.23. The Labute approximate surface area is 109 Å². The van der Waals surface area contributed by atoms with E-state index < -0.39 is 12.0 Å². The first kappa shape index (κ1) is 14.5. The second-order valence-electron chi connectivity index (χ2n) is 3.41. The van der Waals surface area contributed by atoms with Crippen LogP contribution >= 0.6 is 11.8 Å². The Morgan fingerprint density at radius 1 is 1.50 bits per heavy atom. The van der Waals surface area contributed by atoms with Crippen molar-refractivity contribution in [2.75, 3.05) is 18.8 Å². The first-order valence-electron chi connectivity index (χ1n) is 5.59. The van der Waals surface area contributed by atoms with Gasteiger partial charge < -0.3 is 4.90 Å². The molecule has 0 spiro atoms. The van der Waals surface area contributed by atoms with E-state index >= 15 is 0 Å². The maximum absolute atomic E-state index is 11.7. The Morgan fingerprint density at radius 3 is 2.83 bits per heavy atom.